The van der Waals surface area contributed by atoms with Gasteiger partial charge in [0, 0.05) is 30.3 Å². The first-order valence-corrected chi connectivity index (χ1v) is 6.44. The molecule has 1 aromatic heterocycles. The highest BCUT2D eigenvalue weighted by Crippen LogP contribution is 2.13. The van der Waals surface area contributed by atoms with Gasteiger partial charge in [0.25, 0.3) is 0 Å². The molecule has 0 bridgehead atoms. The Morgan fingerprint density at radius 2 is 2.29 bits per heavy atom. The van der Waals surface area contributed by atoms with Crippen LogP contribution in [-0.4, -0.2) is 28.1 Å². The van der Waals surface area contributed by atoms with Gasteiger partial charge >= 0.3 is 0 Å². The molecule has 0 saturated carbocycles. The van der Waals surface area contributed by atoms with Crippen LogP contribution in [0.25, 0.3) is 0 Å². The summed E-state index contributed by atoms with van der Waals surface area (Å²) in [6, 6.07) is 3.49. The monoisotopic (exact) mass is 274 g/mol. The zero-order chi connectivity index (χ0) is 11.8. The van der Waals surface area contributed by atoms with Crippen LogP contribution in [0.5, 0.6) is 5.75 Å². The Balaban J connectivity index is 0.00000256. The lowest BCUT2D eigenvalue weighted by Crippen LogP contribution is -2.17. The van der Waals surface area contributed by atoms with E-state index in [0.29, 0.717) is 12.2 Å². The Morgan fingerprint density at radius 1 is 1.53 bits per heavy atom. The predicted molar refractivity (Wildman–Crippen MR) is 77.1 cm³/mol. The lowest BCUT2D eigenvalue weighted by atomic mass is 10.3. The molecule has 0 fully saturated rings. The summed E-state index contributed by atoms with van der Waals surface area (Å²) in [7, 11) is 0. The van der Waals surface area contributed by atoms with Gasteiger partial charge in [-0.25, -0.2) is 0 Å². The molecule has 0 aromatic carbocycles. The SMILES string of the molecule is C=CCSCCNCc1nc(C)ccc1O.Cl. The largest absolute Gasteiger partial charge is 0.506 e. The van der Waals surface area contributed by atoms with Gasteiger partial charge in [-0.05, 0) is 19.1 Å². The van der Waals surface area contributed by atoms with Gasteiger partial charge in [0.05, 0.1) is 5.69 Å². The molecule has 1 rings (SSSR count). The maximum absolute atomic E-state index is 9.55. The Bertz CT molecular complexity index is 347. The molecule has 1 heterocycles. The summed E-state index contributed by atoms with van der Waals surface area (Å²) in [4.78, 5) is 4.27. The topological polar surface area (TPSA) is 45.2 Å². The molecule has 0 spiro atoms. The van der Waals surface area contributed by atoms with Crippen LogP contribution in [0.4, 0.5) is 0 Å². The second-order valence-corrected chi connectivity index (χ2v) is 4.61. The second-order valence-electron chi connectivity index (χ2n) is 3.46. The van der Waals surface area contributed by atoms with E-state index in [9.17, 15) is 5.11 Å². The predicted octanol–water partition coefficient (Wildman–Crippen LogP) is 2.53. The molecule has 1 aromatic rings. The molecule has 0 amide bonds. The molecule has 0 radical (unpaired) electrons. The summed E-state index contributed by atoms with van der Waals surface area (Å²) in [5.74, 6) is 2.28. The first-order valence-electron chi connectivity index (χ1n) is 5.29. The number of hydrogen-bond acceptors (Lipinski definition) is 4. The summed E-state index contributed by atoms with van der Waals surface area (Å²) in [5, 5.41) is 12.8. The van der Waals surface area contributed by atoms with Crippen molar-refractivity contribution < 1.29 is 5.11 Å². The fourth-order valence-corrected chi connectivity index (χ4v) is 1.87. The smallest absolute Gasteiger partial charge is 0.138 e. The molecule has 96 valence electrons. The van der Waals surface area contributed by atoms with Gasteiger partial charge in [-0.1, -0.05) is 6.08 Å². The van der Waals surface area contributed by atoms with Crippen LogP contribution >= 0.6 is 24.2 Å². The molecule has 0 atom stereocenters. The standard InChI is InChI=1S/C12H18N2OS.ClH/c1-3-7-16-8-6-13-9-11-12(15)5-4-10(2)14-11;/h3-5,13,15H,1,6-9H2,2H3;1H. The number of aromatic hydroxyl groups is 1. The normalized spacial score (nSPS) is 9.71. The molecular weight excluding hydrogens is 256 g/mol. The number of aromatic nitrogens is 1. The molecule has 3 nitrogen and oxygen atoms in total. The van der Waals surface area contributed by atoms with Crippen molar-refractivity contribution in [1.82, 2.24) is 10.3 Å². The van der Waals surface area contributed by atoms with Gasteiger partial charge in [0.15, 0.2) is 0 Å². The molecule has 0 aliphatic heterocycles. The number of nitrogens with zero attached hydrogens (tertiary/aromatic N) is 1. The molecule has 0 saturated heterocycles. The highest BCUT2D eigenvalue weighted by Gasteiger charge is 2.01. The van der Waals surface area contributed by atoms with Gasteiger partial charge in [-0.3, -0.25) is 4.98 Å². The maximum Gasteiger partial charge on any atom is 0.138 e. The van der Waals surface area contributed by atoms with Crippen molar-refractivity contribution in [2.45, 2.75) is 13.5 Å². The maximum atomic E-state index is 9.55. The summed E-state index contributed by atoms with van der Waals surface area (Å²) in [6.45, 7) is 7.11. The van der Waals surface area contributed by atoms with E-state index in [0.717, 1.165) is 23.7 Å². The number of pyridine rings is 1. The van der Waals surface area contributed by atoms with Gasteiger partial charge in [0.1, 0.15) is 5.75 Å². The number of nitrogens with one attached hydrogen (secondary N) is 1. The van der Waals surface area contributed by atoms with E-state index in [1.54, 1.807) is 12.1 Å². The Morgan fingerprint density at radius 3 is 3.00 bits per heavy atom. The summed E-state index contributed by atoms with van der Waals surface area (Å²) < 4.78 is 0. The highest BCUT2D eigenvalue weighted by molar-refractivity contribution is 7.99. The first-order chi connectivity index (χ1) is 7.74. The lowest BCUT2D eigenvalue weighted by Gasteiger charge is -2.06. The Labute approximate surface area is 113 Å². The third-order valence-electron chi connectivity index (χ3n) is 2.04. The van der Waals surface area contributed by atoms with E-state index in [1.165, 1.54) is 0 Å². The average Bonchev–Trinajstić information content (AvgIpc) is 2.28. The van der Waals surface area contributed by atoms with Crippen LogP contribution in [0.3, 0.4) is 0 Å². The van der Waals surface area contributed by atoms with E-state index in [-0.39, 0.29) is 18.2 Å². The molecule has 17 heavy (non-hydrogen) atoms. The van der Waals surface area contributed by atoms with E-state index in [4.69, 9.17) is 0 Å². The average molecular weight is 275 g/mol. The lowest BCUT2D eigenvalue weighted by molar-refractivity contribution is 0.460. The van der Waals surface area contributed by atoms with Crippen molar-refractivity contribution >= 4 is 24.2 Å². The summed E-state index contributed by atoms with van der Waals surface area (Å²) in [6.07, 6.45) is 1.90. The van der Waals surface area contributed by atoms with E-state index < -0.39 is 0 Å². The minimum absolute atomic E-state index is 0. The van der Waals surface area contributed by atoms with E-state index >= 15 is 0 Å². The summed E-state index contributed by atoms with van der Waals surface area (Å²) in [5.41, 5.74) is 1.64. The highest BCUT2D eigenvalue weighted by atomic mass is 35.5. The number of aryl methyl sites for hydroxylation is 1. The van der Waals surface area contributed by atoms with Crippen molar-refractivity contribution in [2.75, 3.05) is 18.1 Å². The van der Waals surface area contributed by atoms with Crippen molar-refractivity contribution in [3.8, 4) is 5.75 Å². The third kappa shape index (κ3) is 6.56. The molecule has 2 N–H and O–H groups in total. The zero-order valence-corrected chi connectivity index (χ0v) is 11.6. The van der Waals surface area contributed by atoms with Crippen molar-refractivity contribution in [3.63, 3.8) is 0 Å². The molecular formula is C12H19ClN2OS. The van der Waals surface area contributed by atoms with Gasteiger partial charge in [0.2, 0.25) is 0 Å². The minimum Gasteiger partial charge on any atom is -0.506 e. The van der Waals surface area contributed by atoms with E-state index in [2.05, 4.69) is 16.9 Å². The molecule has 0 aliphatic rings. The molecule has 5 heteroatoms. The fraction of sp³-hybridized carbons (Fsp3) is 0.417. The Hall–Kier alpha value is -0.710. The van der Waals surface area contributed by atoms with Crippen LogP contribution < -0.4 is 5.32 Å². The van der Waals surface area contributed by atoms with Crippen LogP contribution in [0, 0.1) is 6.92 Å². The van der Waals surface area contributed by atoms with Crippen LogP contribution in [-0.2, 0) is 6.54 Å². The summed E-state index contributed by atoms with van der Waals surface area (Å²) >= 11 is 1.83. The second kappa shape index (κ2) is 9.33. The van der Waals surface area contributed by atoms with Gasteiger partial charge in [-0.15, -0.1) is 19.0 Å². The molecule has 0 unspecified atom stereocenters. The van der Waals surface area contributed by atoms with Gasteiger partial charge < -0.3 is 10.4 Å². The number of thioether (sulfide) groups is 1. The van der Waals surface area contributed by atoms with Crippen molar-refractivity contribution in [3.05, 3.63) is 36.2 Å². The molecule has 0 aliphatic carbocycles. The number of halogens is 1. The zero-order valence-electron chi connectivity index (χ0n) is 9.98. The quantitative estimate of drug-likeness (QED) is 0.592. The van der Waals surface area contributed by atoms with Crippen LogP contribution in [0.15, 0.2) is 24.8 Å². The van der Waals surface area contributed by atoms with Crippen LogP contribution in [0.2, 0.25) is 0 Å². The van der Waals surface area contributed by atoms with E-state index in [1.807, 2.05) is 24.8 Å². The Kier molecular flexibility index (Phi) is 8.94. The fourth-order valence-electron chi connectivity index (χ4n) is 1.25. The van der Waals surface area contributed by atoms with Crippen molar-refractivity contribution in [2.24, 2.45) is 0 Å². The first kappa shape index (κ1) is 16.3. The van der Waals surface area contributed by atoms with Gasteiger partial charge in [-0.2, -0.15) is 11.8 Å². The minimum atomic E-state index is 0. The van der Waals surface area contributed by atoms with Crippen LogP contribution in [0.1, 0.15) is 11.4 Å². The number of hydrogen-bond donors (Lipinski definition) is 2. The number of rotatable bonds is 7. The van der Waals surface area contributed by atoms with Crippen molar-refractivity contribution in [1.29, 1.82) is 0 Å². The third-order valence-corrected chi connectivity index (χ3v) is 3.00.